The zero-order chi connectivity index (χ0) is 16.5. The second-order valence-electron chi connectivity index (χ2n) is 5.48. The van der Waals surface area contributed by atoms with Gasteiger partial charge in [0.1, 0.15) is 5.75 Å². The molecule has 0 fully saturated rings. The Hall–Kier alpha value is -2.69. The molecule has 118 valence electrons. The molecule has 0 heterocycles. The van der Waals surface area contributed by atoms with Crippen LogP contribution in [0.4, 0.5) is 0 Å². The van der Waals surface area contributed by atoms with Crippen LogP contribution in [0.2, 0.25) is 0 Å². The van der Waals surface area contributed by atoms with Gasteiger partial charge in [-0.3, -0.25) is 4.55 Å². The van der Waals surface area contributed by atoms with Crippen LogP contribution in [0.25, 0.3) is 32.7 Å². The molecule has 4 aromatic carbocycles. The van der Waals surface area contributed by atoms with Gasteiger partial charge in [-0.05, 0) is 33.4 Å². The van der Waals surface area contributed by atoms with Crippen molar-refractivity contribution in [2.75, 3.05) is 0 Å². The highest BCUT2D eigenvalue weighted by Crippen LogP contribution is 2.36. The zero-order valence-corrected chi connectivity index (χ0v) is 13.5. The molecule has 0 radical (unpaired) electrons. The van der Waals surface area contributed by atoms with Gasteiger partial charge in [-0.15, -0.1) is 0 Å². The minimum atomic E-state index is -2.35. The van der Waals surface area contributed by atoms with Crippen molar-refractivity contribution in [3.05, 3.63) is 78.9 Å². The highest BCUT2D eigenvalue weighted by Gasteiger charge is 2.11. The Labute approximate surface area is 142 Å². The van der Waals surface area contributed by atoms with Crippen LogP contribution in [0.1, 0.15) is 0 Å². The quantitative estimate of drug-likeness (QED) is 0.525. The summed E-state index contributed by atoms with van der Waals surface area (Å²) in [7, 11) is 0. The van der Waals surface area contributed by atoms with Crippen LogP contribution in [-0.4, -0.2) is 8.76 Å². The summed E-state index contributed by atoms with van der Waals surface area (Å²) in [4.78, 5) is 0. The molecule has 1 atom stereocenters. The molecule has 1 N–H and O–H groups in total. The lowest BCUT2D eigenvalue weighted by molar-refractivity contribution is 0.460. The van der Waals surface area contributed by atoms with Crippen molar-refractivity contribution < 1.29 is 12.9 Å². The molecule has 0 aromatic heterocycles. The van der Waals surface area contributed by atoms with Gasteiger partial charge in [0.25, 0.3) is 0 Å². The molecule has 0 aliphatic rings. The van der Waals surface area contributed by atoms with E-state index in [2.05, 4.69) is 30.3 Å². The summed E-state index contributed by atoms with van der Waals surface area (Å²) in [5.41, 5.74) is 2.19. The summed E-state index contributed by atoms with van der Waals surface area (Å²) in [5.74, 6) is 0.399. The first-order valence-electron chi connectivity index (χ1n) is 7.53. The predicted molar refractivity (Wildman–Crippen MR) is 98.3 cm³/mol. The molecule has 0 bridgehead atoms. The fraction of sp³-hybridized carbons (Fsp3) is 0. The van der Waals surface area contributed by atoms with E-state index in [1.807, 2.05) is 42.5 Å². The molecule has 0 spiro atoms. The summed E-state index contributed by atoms with van der Waals surface area (Å²) >= 11 is -2.35. The molecule has 0 aliphatic heterocycles. The van der Waals surface area contributed by atoms with Crippen molar-refractivity contribution in [2.24, 2.45) is 0 Å². The predicted octanol–water partition coefficient (Wildman–Crippen LogP) is 5.18. The Kier molecular flexibility index (Phi) is 3.76. The van der Waals surface area contributed by atoms with E-state index in [1.165, 1.54) is 10.8 Å². The molecule has 4 heteroatoms. The van der Waals surface area contributed by atoms with Crippen molar-refractivity contribution in [1.82, 2.24) is 0 Å². The van der Waals surface area contributed by atoms with Crippen LogP contribution in [0.3, 0.4) is 0 Å². The van der Waals surface area contributed by atoms with E-state index in [4.69, 9.17) is 8.74 Å². The van der Waals surface area contributed by atoms with E-state index in [0.29, 0.717) is 5.75 Å². The zero-order valence-electron chi connectivity index (χ0n) is 12.7. The fourth-order valence-electron chi connectivity index (χ4n) is 3.13. The van der Waals surface area contributed by atoms with Gasteiger partial charge in [-0.2, -0.15) is 4.21 Å². The SMILES string of the molecule is O=S(O)Oc1cccc2c(-c3cccc4ccccc34)cccc12. The third kappa shape index (κ3) is 2.56. The largest absolute Gasteiger partial charge is 0.379 e. The van der Waals surface area contributed by atoms with Gasteiger partial charge in [-0.25, -0.2) is 0 Å². The average molecular weight is 334 g/mol. The van der Waals surface area contributed by atoms with Gasteiger partial charge in [0.2, 0.25) is 0 Å². The maximum absolute atomic E-state index is 11.0. The molecule has 0 aliphatic carbocycles. The van der Waals surface area contributed by atoms with Gasteiger partial charge < -0.3 is 4.18 Å². The van der Waals surface area contributed by atoms with Crippen LogP contribution in [0, 0.1) is 0 Å². The number of hydrogen-bond acceptors (Lipinski definition) is 2. The Morgan fingerprint density at radius 1 is 0.667 bits per heavy atom. The molecule has 0 amide bonds. The third-order valence-electron chi connectivity index (χ3n) is 4.12. The molecule has 0 saturated carbocycles. The molecule has 24 heavy (non-hydrogen) atoms. The summed E-state index contributed by atoms with van der Waals surface area (Å²) in [5, 5.41) is 4.14. The molecule has 1 unspecified atom stereocenters. The summed E-state index contributed by atoms with van der Waals surface area (Å²) in [6.45, 7) is 0. The smallest absolute Gasteiger partial charge is 0.357 e. The summed E-state index contributed by atoms with van der Waals surface area (Å²) in [6, 6.07) is 25.9. The lowest BCUT2D eigenvalue weighted by Crippen LogP contribution is -1.98. The number of benzene rings is 4. The molecule has 0 saturated heterocycles. The first-order valence-corrected chi connectivity index (χ1v) is 8.56. The first-order chi connectivity index (χ1) is 11.7. The van der Waals surface area contributed by atoms with Crippen molar-refractivity contribution in [3.63, 3.8) is 0 Å². The van der Waals surface area contributed by atoms with Crippen LogP contribution < -0.4 is 4.18 Å². The van der Waals surface area contributed by atoms with E-state index in [9.17, 15) is 4.21 Å². The lowest BCUT2D eigenvalue weighted by Gasteiger charge is -2.12. The third-order valence-corrected chi connectivity index (χ3v) is 4.45. The minimum absolute atomic E-state index is 0.399. The topological polar surface area (TPSA) is 46.5 Å². The Morgan fingerprint density at radius 2 is 1.25 bits per heavy atom. The normalized spacial score (nSPS) is 12.4. The van der Waals surface area contributed by atoms with E-state index in [0.717, 1.165) is 21.9 Å². The van der Waals surface area contributed by atoms with Gasteiger partial charge in [0.15, 0.2) is 0 Å². The van der Waals surface area contributed by atoms with Crippen LogP contribution in [0.5, 0.6) is 5.75 Å². The van der Waals surface area contributed by atoms with Gasteiger partial charge in [-0.1, -0.05) is 72.8 Å². The van der Waals surface area contributed by atoms with Crippen LogP contribution in [-0.2, 0) is 11.4 Å². The van der Waals surface area contributed by atoms with Crippen molar-refractivity contribution in [3.8, 4) is 16.9 Å². The Bertz CT molecular complexity index is 1070. The Morgan fingerprint density at radius 3 is 2.08 bits per heavy atom. The van der Waals surface area contributed by atoms with Crippen LogP contribution >= 0.6 is 0 Å². The minimum Gasteiger partial charge on any atom is -0.379 e. The molecule has 3 nitrogen and oxygen atoms in total. The molecular weight excluding hydrogens is 320 g/mol. The number of fused-ring (bicyclic) bond motifs is 2. The number of hydrogen-bond donors (Lipinski definition) is 1. The first kappa shape index (κ1) is 14.9. The Balaban J connectivity index is 2.02. The van der Waals surface area contributed by atoms with Crippen molar-refractivity contribution in [2.45, 2.75) is 0 Å². The van der Waals surface area contributed by atoms with Gasteiger partial charge in [0, 0.05) is 5.39 Å². The maximum atomic E-state index is 11.0. The summed E-state index contributed by atoms with van der Waals surface area (Å²) < 4.78 is 25.1. The maximum Gasteiger partial charge on any atom is 0.357 e. The summed E-state index contributed by atoms with van der Waals surface area (Å²) in [6.07, 6.45) is 0. The van der Waals surface area contributed by atoms with Crippen molar-refractivity contribution >= 4 is 32.9 Å². The van der Waals surface area contributed by atoms with E-state index < -0.39 is 11.4 Å². The monoisotopic (exact) mass is 334 g/mol. The van der Waals surface area contributed by atoms with Crippen molar-refractivity contribution in [1.29, 1.82) is 0 Å². The fourth-order valence-corrected chi connectivity index (χ4v) is 3.42. The van der Waals surface area contributed by atoms with E-state index in [-0.39, 0.29) is 0 Å². The highest BCUT2D eigenvalue weighted by atomic mass is 32.2. The second kappa shape index (κ2) is 6.07. The van der Waals surface area contributed by atoms with Crippen LogP contribution in [0.15, 0.2) is 78.9 Å². The van der Waals surface area contributed by atoms with Gasteiger partial charge >= 0.3 is 11.4 Å². The highest BCUT2D eigenvalue weighted by molar-refractivity contribution is 7.74. The number of rotatable bonds is 3. The second-order valence-corrected chi connectivity index (χ2v) is 6.08. The molecular formula is C20H14O3S. The average Bonchev–Trinajstić information content (AvgIpc) is 2.61. The molecule has 4 aromatic rings. The standard InChI is InChI=1S/C20H14O3S/c21-24(22)23-20-13-5-11-18-17(10-4-12-19(18)20)16-9-3-7-14-6-1-2-8-15(14)16/h1-13H,(H,21,22). The molecule has 4 rings (SSSR count). The lowest BCUT2D eigenvalue weighted by atomic mass is 9.94. The van der Waals surface area contributed by atoms with E-state index >= 15 is 0 Å². The van der Waals surface area contributed by atoms with Gasteiger partial charge in [0.05, 0.1) is 0 Å². The van der Waals surface area contributed by atoms with E-state index in [1.54, 1.807) is 6.07 Å².